The van der Waals surface area contributed by atoms with Crippen LogP contribution in [0.1, 0.15) is 41.3 Å². The second-order valence-electron chi connectivity index (χ2n) is 6.15. The lowest BCUT2D eigenvalue weighted by molar-refractivity contribution is -0.157. The van der Waals surface area contributed by atoms with Crippen LogP contribution in [0.3, 0.4) is 0 Å². The number of carbonyl (C=O) groups excluding carboxylic acids is 3. The quantitative estimate of drug-likeness (QED) is 0.831. The van der Waals surface area contributed by atoms with E-state index in [4.69, 9.17) is 4.74 Å². The van der Waals surface area contributed by atoms with E-state index >= 15 is 0 Å². The van der Waals surface area contributed by atoms with E-state index < -0.39 is 12.1 Å². The summed E-state index contributed by atoms with van der Waals surface area (Å²) in [7, 11) is 0. The standard InChI is InChI=1S/C18H24N2O4/c1-12-6-7-15(10-13(12)2)17(22)19-11-16(21)24-14(3)18(23)20-8-4-5-9-20/h6-7,10,14H,4-5,8-9,11H2,1-3H3,(H,19,22)/t14-/m1/s1. The van der Waals surface area contributed by atoms with Crippen LogP contribution < -0.4 is 5.32 Å². The van der Waals surface area contributed by atoms with Gasteiger partial charge < -0.3 is 15.0 Å². The first kappa shape index (κ1) is 18.0. The van der Waals surface area contributed by atoms with Gasteiger partial charge in [0, 0.05) is 18.7 Å². The molecule has 1 heterocycles. The summed E-state index contributed by atoms with van der Waals surface area (Å²) >= 11 is 0. The molecule has 0 unspecified atom stereocenters. The van der Waals surface area contributed by atoms with Crippen LogP contribution in [0.4, 0.5) is 0 Å². The van der Waals surface area contributed by atoms with Gasteiger partial charge in [-0.2, -0.15) is 0 Å². The van der Waals surface area contributed by atoms with Gasteiger partial charge in [-0.3, -0.25) is 14.4 Å². The molecule has 0 aromatic heterocycles. The number of ether oxygens (including phenoxy) is 1. The number of esters is 1. The van der Waals surface area contributed by atoms with E-state index in [0.29, 0.717) is 18.7 Å². The number of hydrogen-bond donors (Lipinski definition) is 1. The molecule has 0 spiro atoms. The molecule has 6 heteroatoms. The smallest absolute Gasteiger partial charge is 0.326 e. The summed E-state index contributed by atoms with van der Waals surface area (Å²) in [6, 6.07) is 5.34. The Bertz CT molecular complexity index is 636. The molecule has 0 bridgehead atoms. The van der Waals surface area contributed by atoms with Gasteiger partial charge in [-0.05, 0) is 56.9 Å². The molecule has 0 saturated carbocycles. The van der Waals surface area contributed by atoms with Crippen molar-refractivity contribution < 1.29 is 19.1 Å². The lowest BCUT2D eigenvalue weighted by Crippen LogP contribution is -2.40. The van der Waals surface area contributed by atoms with Crippen molar-refractivity contribution in [2.45, 2.75) is 39.7 Å². The lowest BCUT2D eigenvalue weighted by atomic mass is 10.1. The molecule has 1 saturated heterocycles. The molecule has 1 atom stereocenters. The Labute approximate surface area is 142 Å². The van der Waals surface area contributed by atoms with Crippen LogP contribution in [0.5, 0.6) is 0 Å². The molecular formula is C18H24N2O4. The van der Waals surface area contributed by atoms with Crippen LogP contribution in [0.2, 0.25) is 0 Å². The third-order valence-electron chi connectivity index (χ3n) is 4.24. The molecule has 0 aliphatic carbocycles. The number of nitrogens with one attached hydrogen (secondary N) is 1. The summed E-state index contributed by atoms with van der Waals surface area (Å²) in [6.45, 7) is 6.61. The molecule has 2 rings (SSSR count). The zero-order valence-electron chi connectivity index (χ0n) is 14.4. The first-order chi connectivity index (χ1) is 11.4. The second kappa shape index (κ2) is 7.95. The summed E-state index contributed by atoms with van der Waals surface area (Å²) in [4.78, 5) is 37.6. The van der Waals surface area contributed by atoms with Crippen molar-refractivity contribution >= 4 is 17.8 Å². The van der Waals surface area contributed by atoms with E-state index in [1.165, 1.54) is 0 Å². The van der Waals surface area contributed by atoms with Crippen LogP contribution in [-0.2, 0) is 14.3 Å². The molecule has 1 N–H and O–H groups in total. The normalized spacial score (nSPS) is 15.0. The number of amides is 2. The fraction of sp³-hybridized carbons (Fsp3) is 0.500. The molecule has 6 nitrogen and oxygen atoms in total. The predicted molar refractivity (Wildman–Crippen MR) is 89.6 cm³/mol. The maximum absolute atomic E-state index is 12.1. The van der Waals surface area contributed by atoms with Crippen LogP contribution in [-0.4, -0.2) is 48.4 Å². The molecule has 1 aromatic rings. The van der Waals surface area contributed by atoms with Crippen LogP contribution in [0.15, 0.2) is 18.2 Å². The van der Waals surface area contributed by atoms with Crippen molar-refractivity contribution in [3.05, 3.63) is 34.9 Å². The Balaban J connectivity index is 1.80. The molecule has 1 fully saturated rings. The van der Waals surface area contributed by atoms with Gasteiger partial charge in [0.1, 0.15) is 6.54 Å². The fourth-order valence-electron chi connectivity index (χ4n) is 2.62. The summed E-state index contributed by atoms with van der Waals surface area (Å²) in [5, 5.41) is 2.52. The van der Waals surface area contributed by atoms with E-state index in [-0.39, 0.29) is 18.4 Å². The van der Waals surface area contributed by atoms with Crippen LogP contribution in [0.25, 0.3) is 0 Å². The van der Waals surface area contributed by atoms with Gasteiger partial charge in [0.2, 0.25) is 0 Å². The minimum atomic E-state index is -0.825. The number of rotatable bonds is 5. The Morgan fingerprint density at radius 2 is 1.83 bits per heavy atom. The number of nitrogens with zero attached hydrogens (tertiary/aromatic N) is 1. The SMILES string of the molecule is Cc1ccc(C(=O)NCC(=O)O[C@H](C)C(=O)N2CCCC2)cc1C. The van der Waals surface area contributed by atoms with E-state index in [1.54, 1.807) is 24.0 Å². The van der Waals surface area contributed by atoms with Crippen LogP contribution >= 0.6 is 0 Å². The first-order valence-corrected chi connectivity index (χ1v) is 8.22. The lowest BCUT2D eigenvalue weighted by Gasteiger charge is -2.20. The summed E-state index contributed by atoms with van der Waals surface area (Å²) in [6.07, 6.45) is 1.14. The highest BCUT2D eigenvalue weighted by atomic mass is 16.5. The van der Waals surface area contributed by atoms with Crippen molar-refractivity contribution in [1.29, 1.82) is 0 Å². The predicted octanol–water partition coefficient (Wildman–Crippen LogP) is 1.59. The molecular weight excluding hydrogens is 308 g/mol. The minimum Gasteiger partial charge on any atom is -0.451 e. The average Bonchev–Trinajstić information content (AvgIpc) is 3.08. The zero-order chi connectivity index (χ0) is 17.7. The number of benzene rings is 1. The third-order valence-corrected chi connectivity index (χ3v) is 4.24. The van der Waals surface area contributed by atoms with Gasteiger partial charge in [-0.1, -0.05) is 6.07 Å². The first-order valence-electron chi connectivity index (χ1n) is 8.22. The largest absolute Gasteiger partial charge is 0.451 e. The Morgan fingerprint density at radius 1 is 1.17 bits per heavy atom. The minimum absolute atomic E-state index is 0.179. The van der Waals surface area contributed by atoms with Crippen molar-refractivity contribution in [3.8, 4) is 0 Å². The van der Waals surface area contributed by atoms with Gasteiger partial charge in [-0.15, -0.1) is 0 Å². The summed E-state index contributed by atoms with van der Waals surface area (Å²) < 4.78 is 5.11. The van der Waals surface area contributed by atoms with E-state index in [2.05, 4.69) is 5.32 Å². The number of aryl methyl sites for hydroxylation is 2. The monoisotopic (exact) mass is 332 g/mol. The molecule has 1 aliphatic heterocycles. The second-order valence-corrected chi connectivity index (χ2v) is 6.15. The average molecular weight is 332 g/mol. The Hall–Kier alpha value is -2.37. The van der Waals surface area contributed by atoms with Crippen molar-refractivity contribution in [2.24, 2.45) is 0 Å². The van der Waals surface area contributed by atoms with Crippen molar-refractivity contribution in [1.82, 2.24) is 10.2 Å². The summed E-state index contributed by atoms with van der Waals surface area (Å²) in [5.41, 5.74) is 2.60. The molecule has 2 amide bonds. The highest BCUT2D eigenvalue weighted by molar-refractivity contribution is 5.96. The molecule has 0 radical (unpaired) electrons. The Kier molecular flexibility index (Phi) is 5.95. The topological polar surface area (TPSA) is 75.7 Å². The highest BCUT2D eigenvalue weighted by Gasteiger charge is 2.25. The van der Waals surface area contributed by atoms with Gasteiger partial charge >= 0.3 is 5.97 Å². The van der Waals surface area contributed by atoms with Gasteiger partial charge in [-0.25, -0.2) is 0 Å². The van der Waals surface area contributed by atoms with E-state index in [9.17, 15) is 14.4 Å². The number of hydrogen-bond acceptors (Lipinski definition) is 4. The number of carbonyl (C=O) groups is 3. The maximum Gasteiger partial charge on any atom is 0.326 e. The maximum atomic E-state index is 12.1. The molecule has 130 valence electrons. The summed E-state index contributed by atoms with van der Waals surface area (Å²) in [5.74, 6) is -1.14. The zero-order valence-corrected chi connectivity index (χ0v) is 14.4. The van der Waals surface area contributed by atoms with Crippen molar-refractivity contribution in [2.75, 3.05) is 19.6 Å². The van der Waals surface area contributed by atoms with Gasteiger partial charge in [0.05, 0.1) is 0 Å². The molecule has 24 heavy (non-hydrogen) atoms. The van der Waals surface area contributed by atoms with Crippen LogP contribution in [0, 0.1) is 13.8 Å². The van der Waals surface area contributed by atoms with E-state index in [0.717, 1.165) is 24.0 Å². The highest BCUT2D eigenvalue weighted by Crippen LogP contribution is 2.11. The van der Waals surface area contributed by atoms with E-state index in [1.807, 2.05) is 19.9 Å². The van der Waals surface area contributed by atoms with Gasteiger partial charge in [0.25, 0.3) is 11.8 Å². The third kappa shape index (κ3) is 4.57. The fourth-order valence-corrected chi connectivity index (χ4v) is 2.62. The number of likely N-dealkylation sites (tertiary alicyclic amines) is 1. The molecule has 1 aromatic carbocycles. The Morgan fingerprint density at radius 3 is 2.46 bits per heavy atom. The van der Waals surface area contributed by atoms with Crippen molar-refractivity contribution in [3.63, 3.8) is 0 Å². The molecule has 1 aliphatic rings. The van der Waals surface area contributed by atoms with Gasteiger partial charge in [0.15, 0.2) is 6.10 Å².